The van der Waals surface area contributed by atoms with Crippen molar-refractivity contribution in [2.45, 2.75) is 39.2 Å². The topological polar surface area (TPSA) is 152 Å². The third-order valence-corrected chi connectivity index (χ3v) is 7.41. The number of hydrogen-bond acceptors (Lipinski definition) is 11. The Balaban J connectivity index is 1.41. The molecule has 13 heteroatoms. The molecule has 0 fully saturated rings. The number of benzene rings is 4. The van der Waals surface area contributed by atoms with Crippen molar-refractivity contribution >= 4 is 11.9 Å². The Morgan fingerprint density at radius 1 is 0.765 bits per heavy atom. The Labute approximate surface area is 295 Å². The van der Waals surface area contributed by atoms with Crippen LogP contribution in [0.2, 0.25) is 0 Å². The second kappa shape index (κ2) is 17.8. The van der Waals surface area contributed by atoms with E-state index in [1.807, 2.05) is 12.1 Å². The van der Waals surface area contributed by atoms with Crippen molar-refractivity contribution in [2.75, 3.05) is 26.9 Å². The largest absolute Gasteiger partial charge is 0.497 e. The number of methoxy groups -OCH3 is 1. The monoisotopic (exact) mass is 698 g/mol. The van der Waals surface area contributed by atoms with Crippen molar-refractivity contribution in [1.29, 1.82) is 0 Å². The normalized spacial score (nSPS) is 12.1. The van der Waals surface area contributed by atoms with Gasteiger partial charge < -0.3 is 38.6 Å². The van der Waals surface area contributed by atoms with Crippen molar-refractivity contribution in [1.82, 2.24) is 9.90 Å². The molecule has 1 heterocycles. The van der Waals surface area contributed by atoms with Gasteiger partial charge in [-0.15, -0.1) is 9.36 Å². The number of carbonyl (C=O) groups is 2. The van der Waals surface area contributed by atoms with E-state index in [9.17, 15) is 19.8 Å². The minimum absolute atomic E-state index is 0.0167. The number of aromatic nitrogens is 3. The zero-order valence-corrected chi connectivity index (χ0v) is 28.5. The van der Waals surface area contributed by atoms with Crippen LogP contribution in [0.5, 0.6) is 28.7 Å². The molecule has 266 valence electrons. The lowest BCUT2D eigenvalue weighted by Crippen LogP contribution is -2.47. The summed E-state index contributed by atoms with van der Waals surface area (Å²) in [4.78, 5) is 23.3. The number of aliphatic hydroxyl groups excluding tert-OH is 2. The molecule has 4 aromatic carbocycles. The Bertz CT molecular complexity index is 1890. The maximum Gasteiger partial charge on any atom is 0.308 e. The number of carbonyl (C=O) groups excluding carboxylic acids is 2. The van der Waals surface area contributed by atoms with E-state index in [0.717, 1.165) is 5.56 Å². The van der Waals surface area contributed by atoms with Crippen molar-refractivity contribution in [3.05, 3.63) is 109 Å². The van der Waals surface area contributed by atoms with Gasteiger partial charge >= 0.3 is 11.9 Å². The molecule has 0 bridgehead atoms. The number of esters is 2. The van der Waals surface area contributed by atoms with Crippen molar-refractivity contribution in [2.24, 2.45) is 0 Å². The minimum atomic E-state index is -0.968. The summed E-state index contributed by atoms with van der Waals surface area (Å²) in [6, 6.07) is 28.0. The predicted octanol–water partition coefficient (Wildman–Crippen LogP) is 4.08. The van der Waals surface area contributed by atoms with E-state index in [2.05, 4.69) is 0 Å². The molecule has 0 aliphatic rings. The maximum absolute atomic E-state index is 11.7. The molecule has 1 aromatic heterocycles. The molecule has 13 nitrogen and oxygen atoms in total. The van der Waals surface area contributed by atoms with E-state index in [1.165, 1.54) is 13.8 Å². The first kappa shape index (κ1) is 36.5. The summed E-state index contributed by atoms with van der Waals surface area (Å²) < 4.78 is 37.2. The molecule has 0 aliphatic carbocycles. The quantitative estimate of drug-likeness (QED) is 0.0821. The van der Waals surface area contributed by atoms with Crippen LogP contribution in [0.4, 0.5) is 0 Å². The van der Waals surface area contributed by atoms with Crippen LogP contribution in [0.25, 0.3) is 16.9 Å². The fraction of sp³-hybridized carbons (Fsp3) is 0.263. The van der Waals surface area contributed by atoms with E-state index in [-0.39, 0.29) is 33.0 Å². The van der Waals surface area contributed by atoms with E-state index < -0.39 is 24.1 Å². The Morgan fingerprint density at radius 2 is 1.37 bits per heavy atom. The van der Waals surface area contributed by atoms with E-state index >= 15 is 0 Å². The SMILES string of the molecule is COc1ccc(OCC(O)COC(COc2ccc(CO)cc2)C[n+]2nn(-c3cccc(OC(C)=O)c3)cc2-c2cccc(OC(C)=O)c2)cc1. The molecule has 0 saturated heterocycles. The molecule has 0 amide bonds. The number of rotatable bonds is 17. The van der Waals surface area contributed by atoms with Crippen LogP contribution in [0, 0.1) is 0 Å². The van der Waals surface area contributed by atoms with Gasteiger partial charge in [0.1, 0.15) is 60.7 Å². The van der Waals surface area contributed by atoms with Gasteiger partial charge in [-0.3, -0.25) is 9.59 Å². The first-order valence-electron chi connectivity index (χ1n) is 16.2. The summed E-state index contributed by atoms with van der Waals surface area (Å²) in [7, 11) is 1.58. The number of ether oxygens (including phenoxy) is 6. The van der Waals surface area contributed by atoms with Crippen LogP contribution in [0.3, 0.4) is 0 Å². The first-order chi connectivity index (χ1) is 24.7. The van der Waals surface area contributed by atoms with Crippen LogP contribution >= 0.6 is 0 Å². The highest BCUT2D eigenvalue weighted by molar-refractivity contribution is 5.70. The number of nitrogens with zero attached hydrogens (tertiary/aromatic N) is 3. The zero-order chi connectivity index (χ0) is 36.2. The van der Waals surface area contributed by atoms with Crippen LogP contribution in [-0.2, 0) is 27.5 Å². The average molecular weight is 699 g/mol. The van der Waals surface area contributed by atoms with Crippen LogP contribution < -0.4 is 28.4 Å². The molecule has 0 radical (unpaired) electrons. The number of aliphatic hydroxyl groups is 2. The van der Waals surface area contributed by atoms with E-state index in [1.54, 1.807) is 108 Å². The summed E-state index contributed by atoms with van der Waals surface area (Å²) in [5, 5.41) is 25.1. The molecule has 0 aliphatic heterocycles. The van der Waals surface area contributed by atoms with Gasteiger partial charge in [0.05, 0.1) is 25.5 Å². The Morgan fingerprint density at radius 3 is 2.02 bits per heavy atom. The lowest BCUT2D eigenvalue weighted by atomic mass is 10.1. The third-order valence-electron chi connectivity index (χ3n) is 7.41. The summed E-state index contributed by atoms with van der Waals surface area (Å²) in [6.45, 7) is 2.73. The molecule has 2 N–H and O–H groups in total. The van der Waals surface area contributed by atoms with E-state index in [4.69, 9.17) is 33.6 Å². The van der Waals surface area contributed by atoms with Gasteiger partial charge in [-0.05, 0) is 66.2 Å². The molecule has 2 atom stereocenters. The molecule has 0 saturated carbocycles. The van der Waals surface area contributed by atoms with Gasteiger partial charge in [0.2, 0.25) is 0 Å². The van der Waals surface area contributed by atoms with Gasteiger partial charge in [-0.1, -0.05) is 30.3 Å². The summed E-state index contributed by atoms with van der Waals surface area (Å²) in [6.07, 6.45) is 0.196. The fourth-order valence-electron chi connectivity index (χ4n) is 4.98. The van der Waals surface area contributed by atoms with Crippen LogP contribution in [-0.4, -0.2) is 71.2 Å². The maximum atomic E-state index is 11.7. The highest BCUT2D eigenvalue weighted by Crippen LogP contribution is 2.24. The lowest BCUT2D eigenvalue weighted by Gasteiger charge is -2.20. The average Bonchev–Trinajstić information content (AvgIpc) is 3.56. The summed E-state index contributed by atoms with van der Waals surface area (Å²) >= 11 is 0. The van der Waals surface area contributed by atoms with Gasteiger partial charge in [0.15, 0.2) is 17.6 Å². The van der Waals surface area contributed by atoms with Gasteiger partial charge in [0.25, 0.3) is 0 Å². The molecule has 5 rings (SSSR count). The van der Waals surface area contributed by atoms with Crippen LogP contribution in [0.1, 0.15) is 19.4 Å². The number of hydrogen-bond donors (Lipinski definition) is 2. The van der Waals surface area contributed by atoms with Crippen molar-refractivity contribution in [3.63, 3.8) is 0 Å². The zero-order valence-electron chi connectivity index (χ0n) is 28.5. The molecule has 0 spiro atoms. The molecule has 2 unspecified atom stereocenters. The predicted molar refractivity (Wildman–Crippen MR) is 184 cm³/mol. The second-order valence-corrected chi connectivity index (χ2v) is 11.5. The van der Waals surface area contributed by atoms with Crippen LogP contribution in [0.15, 0.2) is 103 Å². The van der Waals surface area contributed by atoms with Gasteiger partial charge in [-0.25, -0.2) is 0 Å². The Hall–Kier alpha value is -5.76. The first-order valence-corrected chi connectivity index (χ1v) is 16.2. The lowest BCUT2D eigenvalue weighted by molar-refractivity contribution is -0.751. The Kier molecular flexibility index (Phi) is 12.7. The highest BCUT2D eigenvalue weighted by atomic mass is 16.5. The molecule has 51 heavy (non-hydrogen) atoms. The van der Waals surface area contributed by atoms with Gasteiger partial charge in [-0.2, -0.15) is 0 Å². The molecular weight excluding hydrogens is 658 g/mol. The smallest absolute Gasteiger partial charge is 0.308 e. The molecule has 5 aromatic rings. The summed E-state index contributed by atoms with van der Waals surface area (Å²) in [5.74, 6) is 1.64. The fourth-order valence-corrected chi connectivity index (χ4v) is 4.98. The minimum Gasteiger partial charge on any atom is -0.497 e. The second-order valence-electron chi connectivity index (χ2n) is 11.5. The van der Waals surface area contributed by atoms with Gasteiger partial charge in [0, 0.05) is 25.5 Å². The van der Waals surface area contributed by atoms with Crippen molar-refractivity contribution < 1.29 is 52.9 Å². The van der Waals surface area contributed by atoms with E-state index in [0.29, 0.717) is 45.7 Å². The summed E-state index contributed by atoms with van der Waals surface area (Å²) in [5.41, 5.74) is 2.71. The highest BCUT2D eigenvalue weighted by Gasteiger charge is 2.25. The molecular formula is C38H40N3O10+. The van der Waals surface area contributed by atoms with Crippen molar-refractivity contribution in [3.8, 4) is 45.7 Å². The standard InChI is InChI=1S/C38H40N3O10/c1-26(43)50-35-8-4-6-29(18-35)38-21-40(30-7-5-9-36(19-30)51-27(2)44)39-41(38)20-37(25-49-33-12-10-28(22-42)11-13-33)48-24-31(45)23-47-34-16-14-32(46-3)15-17-34/h4-19,21,31,37,42,45H,20,22-25H2,1-3H3/q+1. The third kappa shape index (κ3) is 10.9.